The van der Waals surface area contributed by atoms with Gasteiger partial charge in [-0.15, -0.1) is 0 Å². The molecule has 0 aliphatic carbocycles. The third kappa shape index (κ3) is 4.88. The molecule has 1 rings (SSSR count). The standard InChI is InChI=1S/C14H18ClNO2S/c1-4-16(5-2)14(18)12-6-11(7-13(15)8-12)9-19-10(3)17/h6-8H,4-5,9H2,1-3H3. The van der Waals surface area contributed by atoms with Crippen molar-refractivity contribution in [3.05, 3.63) is 34.3 Å². The topological polar surface area (TPSA) is 37.4 Å². The molecule has 0 aromatic heterocycles. The highest BCUT2D eigenvalue weighted by molar-refractivity contribution is 8.12. The number of hydrogen-bond donors (Lipinski definition) is 0. The molecule has 0 unspecified atom stereocenters. The smallest absolute Gasteiger partial charge is 0.253 e. The highest BCUT2D eigenvalue weighted by Crippen LogP contribution is 2.21. The Morgan fingerprint density at radius 2 is 1.84 bits per heavy atom. The van der Waals surface area contributed by atoms with Crippen molar-refractivity contribution < 1.29 is 9.59 Å². The quantitative estimate of drug-likeness (QED) is 0.833. The molecule has 0 N–H and O–H groups in total. The monoisotopic (exact) mass is 299 g/mol. The zero-order valence-corrected chi connectivity index (χ0v) is 13.0. The molecule has 3 nitrogen and oxygen atoms in total. The molecular formula is C14H18ClNO2S. The van der Waals surface area contributed by atoms with Crippen LogP contribution in [0.25, 0.3) is 0 Å². The van der Waals surface area contributed by atoms with E-state index in [0.717, 1.165) is 5.56 Å². The Morgan fingerprint density at radius 3 is 2.37 bits per heavy atom. The van der Waals surface area contributed by atoms with E-state index < -0.39 is 0 Å². The van der Waals surface area contributed by atoms with Crippen LogP contribution in [0, 0.1) is 0 Å². The number of carbonyl (C=O) groups is 2. The molecule has 0 heterocycles. The van der Waals surface area contributed by atoms with Gasteiger partial charge in [0, 0.05) is 36.4 Å². The van der Waals surface area contributed by atoms with E-state index in [9.17, 15) is 9.59 Å². The van der Waals surface area contributed by atoms with E-state index in [2.05, 4.69) is 0 Å². The fraction of sp³-hybridized carbons (Fsp3) is 0.429. The first-order valence-corrected chi connectivity index (χ1v) is 7.56. The SMILES string of the molecule is CCN(CC)C(=O)c1cc(Cl)cc(CSC(C)=O)c1. The fourth-order valence-electron chi connectivity index (χ4n) is 1.74. The van der Waals surface area contributed by atoms with E-state index in [1.165, 1.54) is 18.7 Å². The summed E-state index contributed by atoms with van der Waals surface area (Å²) in [6, 6.07) is 5.27. The zero-order chi connectivity index (χ0) is 14.4. The number of nitrogens with zero attached hydrogens (tertiary/aromatic N) is 1. The second-order valence-electron chi connectivity index (χ2n) is 4.11. The van der Waals surface area contributed by atoms with Crippen LogP contribution in [0.3, 0.4) is 0 Å². The van der Waals surface area contributed by atoms with E-state index >= 15 is 0 Å². The third-order valence-electron chi connectivity index (χ3n) is 2.70. The van der Waals surface area contributed by atoms with Crippen LogP contribution in [0.4, 0.5) is 0 Å². The minimum absolute atomic E-state index is 0.0263. The van der Waals surface area contributed by atoms with Gasteiger partial charge < -0.3 is 4.90 Å². The number of amides is 1. The molecule has 5 heteroatoms. The van der Waals surface area contributed by atoms with Crippen LogP contribution in [0.1, 0.15) is 36.7 Å². The van der Waals surface area contributed by atoms with Crippen molar-refractivity contribution >= 4 is 34.4 Å². The second kappa shape index (κ2) is 7.56. The van der Waals surface area contributed by atoms with E-state index in [1.54, 1.807) is 17.0 Å². The minimum Gasteiger partial charge on any atom is -0.339 e. The molecule has 0 fully saturated rings. The van der Waals surface area contributed by atoms with Crippen LogP contribution in [-0.2, 0) is 10.5 Å². The lowest BCUT2D eigenvalue weighted by molar-refractivity contribution is -0.109. The van der Waals surface area contributed by atoms with Crippen molar-refractivity contribution in [3.63, 3.8) is 0 Å². The summed E-state index contributed by atoms with van der Waals surface area (Å²) >= 11 is 7.25. The van der Waals surface area contributed by atoms with Gasteiger partial charge in [-0.05, 0) is 37.6 Å². The second-order valence-corrected chi connectivity index (χ2v) is 5.69. The van der Waals surface area contributed by atoms with Crippen LogP contribution in [0.15, 0.2) is 18.2 Å². The Morgan fingerprint density at radius 1 is 1.21 bits per heavy atom. The lowest BCUT2D eigenvalue weighted by Crippen LogP contribution is -2.30. The van der Waals surface area contributed by atoms with Gasteiger partial charge in [0.25, 0.3) is 5.91 Å². The van der Waals surface area contributed by atoms with Gasteiger partial charge in [-0.3, -0.25) is 9.59 Å². The zero-order valence-electron chi connectivity index (χ0n) is 11.4. The predicted molar refractivity (Wildman–Crippen MR) is 80.7 cm³/mol. The van der Waals surface area contributed by atoms with Crippen molar-refractivity contribution in [2.75, 3.05) is 13.1 Å². The summed E-state index contributed by atoms with van der Waals surface area (Å²) in [5.74, 6) is 0.510. The Labute approximate surface area is 123 Å². The van der Waals surface area contributed by atoms with Crippen LogP contribution >= 0.6 is 23.4 Å². The molecule has 0 atom stereocenters. The van der Waals surface area contributed by atoms with E-state index in [1.807, 2.05) is 19.9 Å². The molecule has 0 saturated carbocycles. The Balaban J connectivity index is 2.95. The van der Waals surface area contributed by atoms with E-state index in [4.69, 9.17) is 11.6 Å². The summed E-state index contributed by atoms with van der Waals surface area (Å²) in [5, 5.41) is 0.578. The average Bonchev–Trinajstić information content (AvgIpc) is 2.37. The Bertz CT molecular complexity index is 473. The average molecular weight is 300 g/mol. The van der Waals surface area contributed by atoms with Gasteiger partial charge >= 0.3 is 0 Å². The van der Waals surface area contributed by atoms with Crippen molar-refractivity contribution in [1.82, 2.24) is 4.90 Å². The lowest BCUT2D eigenvalue weighted by Gasteiger charge is -2.19. The number of thioether (sulfide) groups is 1. The molecule has 0 saturated heterocycles. The number of carbonyl (C=O) groups excluding carboxylic acids is 2. The maximum absolute atomic E-state index is 12.2. The summed E-state index contributed by atoms with van der Waals surface area (Å²) < 4.78 is 0. The lowest BCUT2D eigenvalue weighted by atomic mass is 10.1. The molecule has 0 spiro atoms. The fourth-order valence-corrected chi connectivity index (χ4v) is 2.53. The Hall–Kier alpha value is -1.00. The first kappa shape index (κ1) is 16.1. The molecule has 1 amide bonds. The minimum atomic E-state index is -0.0263. The molecule has 104 valence electrons. The number of benzene rings is 1. The summed E-state index contributed by atoms with van der Waals surface area (Å²) in [4.78, 5) is 25.0. The van der Waals surface area contributed by atoms with Gasteiger partial charge in [-0.2, -0.15) is 0 Å². The summed E-state index contributed by atoms with van der Waals surface area (Å²) in [6.45, 7) is 6.74. The van der Waals surface area contributed by atoms with Gasteiger partial charge in [0.15, 0.2) is 5.12 Å². The van der Waals surface area contributed by atoms with Crippen molar-refractivity contribution in [1.29, 1.82) is 0 Å². The summed E-state index contributed by atoms with van der Waals surface area (Å²) in [5.41, 5.74) is 1.47. The summed E-state index contributed by atoms with van der Waals surface area (Å²) in [6.07, 6.45) is 0. The van der Waals surface area contributed by atoms with Gasteiger partial charge in [0.1, 0.15) is 0 Å². The number of halogens is 1. The largest absolute Gasteiger partial charge is 0.339 e. The molecule has 0 bridgehead atoms. The maximum atomic E-state index is 12.2. The first-order valence-electron chi connectivity index (χ1n) is 6.20. The molecule has 0 aliphatic rings. The van der Waals surface area contributed by atoms with E-state index in [-0.39, 0.29) is 11.0 Å². The maximum Gasteiger partial charge on any atom is 0.253 e. The normalized spacial score (nSPS) is 10.3. The molecule has 0 radical (unpaired) electrons. The van der Waals surface area contributed by atoms with Crippen molar-refractivity contribution in [2.45, 2.75) is 26.5 Å². The van der Waals surface area contributed by atoms with Gasteiger partial charge in [-0.1, -0.05) is 23.4 Å². The van der Waals surface area contributed by atoms with E-state index in [0.29, 0.717) is 29.4 Å². The van der Waals surface area contributed by atoms with Crippen LogP contribution in [-0.4, -0.2) is 29.0 Å². The predicted octanol–water partition coefficient (Wildman–Crippen LogP) is 3.60. The molecular weight excluding hydrogens is 282 g/mol. The van der Waals surface area contributed by atoms with Gasteiger partial charge in [0.05, 0.1) is 0 Å². The molecule has 1 aromatic carbocycles. The van der Waals surface area contributed by atoms with Crippen molar-refractivity contribution in [2.24, 2.45) is 0 Å². The third-order valence-corrected chi connectivity index (χ3v) is 3.80. The van der Waals surface area contributed by atoms with Crippen LogP contribution < -0.4 is 0 Å². The highest BCUT2D eigenvalue weighted by atomic mass is 35.5. The molecule has 1 aromatic rings. The number of hydrogen-bond acceptors (Lipinski definition) is 3. The van der Waals surface area contributed by atoms with Gasteiger partial charge in [-0.25, -0.2) is 0 Å². The number of rotatable bonds is 5. The van der Waals surface area contributed by atoms with Gasteiger partial charge in [0.2, 0.25) is 0 Å². The summed E-state index contributed by atoms with van der Waals surface area (Å²) in [7, 11) is 0. The van der Waals surface area contributed by atoms with Crippen molar-refractivity contribution in [3.8, 4) is 0 Å². The highest BCUT2D eigenvalue weighted by Gasteiger charge is 2.14. The Kier molecular flexibility index (Phi) is 6.38. The first-order chi connectivity index (χ1) is 8.97. The van der Waals surface area contributed by atoms with Crippen LogP contribution in [0.5, 0.6) is 0 Å². The molecule has 0 aliphatic heterocycles. The molecule has 19 heavy (non-hydrogen) atoms. The van der Waals surface area contributed by atoms with Crippen LogP contribution in [0.2, 0.25) is 5.02 Å².